The maximum Gasteiger partial charge on any atom is 0.255 e. The Balaban J connectivity index is 2.06. The van der Waals surface area contributed by atoms with E-state index in [2.05, 4.69) is 25.7 Å². The molecule has 0 aliphatic carbocycles. The number of hydrogen-bond acceptors (Lipinski definition) is 5. The Hall–Kier alpha value is -2.22. The maximum absolute atomic E-state index is 12.3. The summed E-state index contributed by atoms with van der Waals surface area (Å²) in [7, 11) is 1.64. The molecule has 1 unspecified atom stereocenters. The molecule has 8 nitrogen and oxygen atoms in total. The average molecular weight is 292 g/mol. The lowest BCUT2D eigenvalue weighted by Crippen LogP contribution is -2.29. The van der Waals surface area contributed by atoms with Gasteiger partial charge >= 0.3 is 0 Å². The minimum atomic E-state index is -0.253. The SMILES string of the molecule is CCc1[nH]ncc1C(=O)NC(C)c1nncn1CCOC. The van der Waals surface area contributed by atoms with Gasteiger partial charge in [-0.25, -0.2) is 0 Å². The van der Waals surface area contributed by atoms with Gasteiger partial charge in [-0.15, -0.1) is 10.2 Å². The normalized spacial score (nSPS) is 12.3. The molecular weight excluding hydrogens is 272 g/mol. The Morgan fingerprint density at radius 3 is 3.10 bits per heavy atom. The Morgan fingerprint density at radius 1 is 1.57 bits per heavy atom. The lowest BCUT2D eigenvalue weighted by atomic mass is 10.2. The summed E-state index contributed by atoms with van der Waals surface area (Å²) in [6, 6.07) is -0.253. The molecule has 0 spiro atoms. The number of nitrogens with one attached hydrogen (secondary N) is 2. The van der Waals surface area contributed by atoms with Gasteiger partial charge < -0.3 is 14.6 Å². The first-order chi connectivity index (χ1) is 10.2. The van der Waals surface area contributed by atoms with Crippen molar-refractivity contribution in [1.82, 2.24) is 30.3 Å². The highest BCUT2D eigenvalue weighted by atomic mass is 16.5. The average Bonchev–Trinajstić information content (AvgIpc) is 3.13. The van der Waals surface area contributed by atoms with E-state index in [1.807, 2.05) is 18.4 Å². The van der Waals surface area contributed by atoms with E-state index in [1.165, 1.54) is 6.20 Å². The van der Waals surface area contributed by atoms with Crippen molar-refractivity contribution in [2.24, 2.45) is 0 Å². The molecule has 0 saturated heterocycles. The van der Waals surface area contributed by atoms with Gasteiger partial charge in [0.2, 0.25) is 0 Å². The van der Waals surface area contributed by atoms with Gasteiger partial charge in [0.05, 0.1) is 24.4 Å². The molecule has 0 aliphatic heterocycles. The molecule has 0 fully saturated rings. The number of aromatic nitrogens is 5. The molecule has 0 aromatic carbocycles. The highest BCUT2D eigenvalue weighted by Gasteiger charge is 2.19. The van der Waals surface area contributed by atoms with E-state index in [4.69, 9.17) is 4.74 Å². The van der Waals surface area contributed by atoms with Crippen LogP contribution in [0.4, 0.5) is 0 Å². The van der Waals surface area contributed by atoms with Crippen LogP contribution in [-0.2, 0) is 17.7 Å². The monoisotopic (exact) mass is 292 g/mol. The number of carbonyl (C=O) groups is 1. The summed E-state index contributed by atoms with van der Waals surface area (Å²) >= 11 is 0. The third-order valence-corrected chi connectivity index (χ3v) is 3.23. The molecule has 8 heteroatoms. The summed E-state index contributed by atoms with van der Waals surface area (Å²) in [6.45, 7) is 5.05. The lowest BCUT2D eigenvalue weighted by molar-refractivity contribution is 0.0936. The predicted molar refractivity (Wildman–Crippen MR) is 75.7 cm³/mol. The van der Waals surface area contributed by atoms with Gasteiger partial charge in [0.1, 0.15) is 6.33 Å². The molecule has 0 bridgehead atoms. The zero-order valence-corrected chi connectivity index (χ0v) is 12.5. The molecule has 0 aliphatic rings. The van der Waals surface area contributed by atoms with E-state index in [0.717, 1.165) is 12.1 Å². The number of aryl methyl sites for hydroxylation is 1. The first-order valence-electron chi connectivity index (χ1n) is 6.87. The zero-order chi connectivity index (χ0) is 15.2. The third kappa shape index (κ3) is 3.46. The fourth-order valence-corrected chi connectivity index (χ4v) is 2.08. The predicted octanol–water partition coefficient (Wildman–Crippen LogP) is 0.701. The van der Waals surface area contributed by atoms with E-state index in [9.17, 15) is 4.79 Å². The Kier molecular flexibility index (Phi) is 5.04. The molecule has 2 aromatic rings. The van der Waals surface area contributed by atoms with Crippen molar-refractivity contribution >= 4 is 5.91 Å². The van der Waals surface area contributed by atoms with Gasteiger partial charge in [-0.05, 0) is 13.3 Å². The van der Waals surface area contributed by atoms with E-state index in [0.29, 0.717) is 24.5 Å². The van der Waals surface area contributed by atoms with Crippen LogP contribution in [0.5, 0.6) is 0 Å². The zero-order valence-electron chi connectivity index (χ0n) is 12.5. The smallest absolute Gasteiger partial charge is 0.255 e. The number of hydrogen-bond donors (Lipinski definition) is 2. The van der Waals surface area contributed by atoms with E-state index >= 15 is 0 Å². The summed E-state index contributed by atoms with van der Waals surface area (Å²) < 4.78 is 6.91. The number of rotatable bonds is 7. The van der Waals surface area contributed by atoms with Gasteiger partial charge in [0, 0.05) is 19.3 Å². The molecule has 2 N–H and O–H groups in total. The number of aromatic amines is 1. The molecule has 1 atom stereocenters. The quantitative estimate of drug-likeness (QED) is 0.783. The third-order valence-electron chi connectivity index (χ3n) is 3.23. The molecule has 114 valence electrons. The number of nitrogens with zero attached hydrogens (tertiary/aromatic N) is 4. The van der Waals surface area contributed by atoms with Crippen molar-refractivity contribution in [3.05, 3.63) is 29.6 Å². The number of amides is 1. The molecule has 1 amide bonds. The van der Waals surface area contributed by atoms with E-state index in [1.54, 1.807) is 13.4 Å². The van der Waals surface area contributed by atoms with Crippen LogP contribution in [0.1, 0.15) is 41.8 Å². The van der Waals surface area contributed by atoms with Crippen molar-refractivity contribution in [3.63, 3.8) is 0 Å². The molecule has 2 aromatic heterocycles. The van der Waals surface area contributed by atoms with Gasteiger partial charge in [0.25, 0.3) is 5.91 Å². The highest BCUT2D eigenvalue weighted by Crippen LogP contribution is 2.12. The molecule has 21 heavy (non-hydrogen) atoms. The van der Waals surface area contributed by atoms with Crippen LogP contribution in [0.2, 0.25) is 0 Å². The van der Waals surface area contributed by atoms with Crippen LogP contribution in [0.15, 0.2) is 12.5 Å². The summed E-state index contributed by atoms with van der Waals surface area (Å²) in [4.78, 5) is 12.3. The van der Waals surface area contributed by atoms with Gasteiger partial charge in [-0.1, -0.05) is 6.92 Å². The standard InChI is InChI=1S/C13H20N6O2/c1-4-11-10(7-14-17-11)13(20)16-9(2)12-18-15-8-19(12)5-6-21-3/h7-9H,4-6H2,1-3H3,(H,14,17)(H,16,20). The number of methoxy groups -OCH3 is 1. The van der Waals surface area contributed by atoms with Crippen LogP contribution in [0, 0.1) is 0 Å². The van der Waals surface area contributed by atoms with Crippen molar-refractivity contribution < 1.29 is 9.53 Å². The summed E-state index contributed by atoms with van der Waals surface area (Å²) in [5.41, 5.74) is 1.38. The molecular formula is C13H20N6O2. The minimum Gasteiger partial charge on any atom is -0.383 e. The number of ether oxygens (including phenoxy) is 1. The van der Waals surface area contributed by atoms with Crippen LogP contribution in [0.3, 0.4) is 0 Å². The molecule has 2 rings (SSSR count). The fourth-order valence-electron chi connectivity index (χ4n) is 2.08. The topological polar surface area (TPSA) is 97.7 Å². The largest absolute Gasteiger partial charge is 0.383 e. The Morgan fingerprint density at radius 2 is 2.38 bits per heavy atom. The summed E-state index contributed by atoms with van der Waals surface area (Å²) in [6.07, 6.45) is 3.89. The molecule has 2 heterocycles. The summed E-state index contributed by atoms with van der Waals surface area (Å²) in [5.74, 6) is 0.524. The highest BCUT2D eigenvalue weighted by molar-refractivity contribution is 5.95. The first-order valence-corrected chi connectivity index (χ1v) is 6.87. The molecule has 0 saturated carbocycles. The van der Waals surface area contributed by atoms with Crippen molar-refractivity contribution in [3.8, 4) is 0 Å². The first kappa shape index (κ1) is 15.2. The second-order valence-corrected chi connectivity index (χ2v) is 4.69. The van der Waals surface area contributed by atoms with Crippen molar-refractivity contribution in [2.45, 2.75) is 32.9 Å². The van der Waals surface area contributed by atoms with Crippen molar-refractivity contribution in [1.29, 1.82) is 0 Å². The Labute approximate surface area is 122 Å². The van der Waals surface area contributed by atoms with Gasteiger partial charge in [-0.2, -0.15) is 5.10 Å². The fraction of sp³-hybridized carbons (Fsp3) is 0.538. The van der Waals surface area contributed by atoms with Crippen LogP contribution in [-0.4, -0.2) is 44.6 Å². The second-order valence-electron chi connectivity index (χ2n) is 4.69. The second kappa shape index (κ2) is 6.98. The molecule has 0 radical (unpaired) electrons. The van der Waals surface area contributed by atoms with E-state index in [-0.39, 0.29) is 11.9 Å². The van der Waals surface area contributed by atoms with Gasteiger partial charge in [-0.3, -0.25) is 9.89 Å². The van der Waals surface area contributed by atoms with Crippen molar-refractivity contribution in [2.75, 3.05) is 13.7 Å². The van der Waals surface area contributed by atoms with Crippen LogP contribution < -0.4 is 5.32 Å². The van der Waals surface area contributed by atoms with Crippen LogP contribution in [0.25, 0.3) is 0 Å². The summed E-state index contributed by atoms with van der Waals surface area (Å²) in [5, 5.41) is 17.6. The Bertz CT molecular complexity index is 591. The van der Waals surface area contributed by atoms with Crippen LogP contribution >= 0.6 is 0 Å². The van der Waals surface area contributed by atoms with Gasteiger partial charge in [0.15, 0.2) is 5.82 Å². The maximum atomic E-state index is 12.3. The lowest BCUT2D eigenvalue weighted by Gasteiger charge is -2.14. The van der Waals surface area contributed by atoms with E-state index < -0.39 is 0 Å². The number of H-pyrrole nitrogens is 1. The minimum absolute atomic E-state index is 0.172. The number of carbonyl (C=O) groups excluding carboxylic acids is 1.